The van der Waals surface area contributed by atoms with Crippen LogP contribution in [0.15, 0.2) is 16.9 Å². The second-order valence-electron chi connectivity index (χ2n) is 8.81. The van der Waals surface area contributed by atoms with Crippen molar-refractivity contribution in [1.82, 2.24) is 24.4 Å². The third-order valence-electron chi connectivity index (χ3n) is 6.04. The molecule has 0 saturated carbocycles. The molecule has 1 N–H and O–H groups in total. The van der Waals surface area contributed by atoms with Crippen LogP contribution in [0, 0.1) is 25.7 Å². The molecule has 1 saturated heterocycles. The third kappa shape index (κ3) is 5.58. The van der Waals surface area contributed by atoms with Crippen LogP contribution in [0.4, 0.5) is 19.1 Å². The maximum atomic E-state index is 13.4. The minimum atomic E-state index is -5.31. The van der Waals surface area contributed by atoms with Gasteiger partial charge in [0.1, 0.15) is 5.75 Å². The first-order valence-electron chi connectivity index (χ1n) is 11.9. The summed E-state index contributed by atoms with van der Waals surface area (Å²) in [5.41, 5.74) is 0.413. The number of aryl methyl sites for hydroxylation is 2. The molecule has 0 atom stereocenters. The van der Waals surface area contributed by atoms with E-state index in [-0.39, 0.29) is 35.0 Å². The van der Waals surface area contributed by atoms with Crippen LogP contribution in [0.1, 0.15) is 28.4 Å². The molecule has 3 heterocycles. The molecule has 206 valence electrons. The number of halogens is 3. The predicted molar refractivity (Wildman–Crippen MR) is 134 cm³/mol. The van der Waals surface area contributed by atoms with Gasteiger partial charge < -0.3 is 19.7 Å². The largest absolute Gasteiger partial charge is 0.491 e. The Kier molecular flexibility index (Phi) is 7.64. The molecule has 1 fully saturated rings. The molecule has 2 aromatic heterocycles. The normalized spacial score (nSPS) is 13.7. The Hall–Kier alpha value is -4.38. The van der Waals surface area contributed by atoms with E-state index >= 15 is 0 Å². The number of nitrogens with one attached hydrogen (secondary N) is 1. The summed E-state index contributed by atoms with van der Waals surface area (Å²) in [4.78, 5) is 47.7. The van der Waals surface area contributed by atoms with Crippen LogP contribution < -0.4 is 20.5 Å². The summed E-state index contributed by atoms with van der Waals surface area (Å²) in [7, 11) is 1.48. The topological polar surface area (TPSA) is 121 Å². The maximum absolute atomic E-state index is 13.4. The maximum Gasteiger partial charge on any atom is 0.491 e. The molecule has 1 aromatic carbocycles. The summed E-state index contributed by atoms with van der Waals surface area (Å²) in [6.45, 7) is 7.93. The molecule has 4 rings (SSSR count). The van der Waals surface area contributed by atoms with Crippen LogP contribution >= 0.6 is 0 Å². The number of ether oxygens (including phenoxy) is 2. The van der Waals surface area contributed by atoms with Crippen molar-refractivity contribution in [1.29, 1.82) is 0 Å². The van der Waals surface area contributed by atoms with Crippen molar-refractivity contribution in [2.24, 2.45) is 7.05 Å². The number of fused-ring (bicyclic) bond motifs is 1. The van der Waals surface area contributed by atoms with Gasteiger partial charge in [0.05, 0.1) is 12.1 Å². The van der Waals surface area contributed by atoms with Crippen LogP contribution in [-0.2, 0) is 23.1 Å². The molecule has 0 spiro atoms. The average Bonchev–Trinajstić information content (AvgIpc) is 3.25. The lowest BCUT2D eigenvalue weighted by atomic mass is 10.1. The summed E-state index contributed by atoms with van der Waals surface area (Å²) in [6.07, 6.45) is -5.31. The van der Waals surface area contributed by atoms with Crippen molar-refractivity contribution in [2.75, 3.05) is 31.1 Å². The number of benzene rings is 1. The van der Waals surface area contributed by atoms with E-state index in [0.29, 0.717) is 30.2 Å². The fourth-order valence-corrected chi connectivity index (χ4v) is 4.16. The van der Waals surface area contributed by atoms with Crippen LogP contribution in [0.3, 0.4) is 0 Å². The molecule has 0 unspecified atom stereocenters. The summed E-state index contributed by atoms with van der Waals surface area (Å²) in [5, 5.41) is 3.27. The van der Waals surface area contributed by atoms with Crippen molar-refractivity contribution in [2.45, 2.75) is 33.5 Å². The van der Waals surface area contributed by atoms with Crippen molar-refractivity contribution in [3.63, 3.8) is 0 Å². The summed E-state index contributed by atoms with van der Waals surface area (Å²) < 4.78 is 50.2. The first-order chi connectivity index (χ1) is 18.4. The highest BCUT2D eigenvalue weighted by atomic mass is 19.4. The number of carbonyl (C=O) groups is 2. The monoisotopic (exact) mass is 546 g/mol. The van der Waals surface area contributed by atoms with E-state index in [9.17, 15) is 27.6 Å². The number of rotatable bonds is 5. The lowest BCUT2D eigenvalue weighted by Crippen LogP contribution is -2.44. The molecule has 1 aliphatic heterocycles. The molecule has 3 aromatic rings. The van der Waals surface area contributed by atoms with Gasteiger partial charge >= 0.3 is 24.1 Å². The SMILES string of the molecule is CC#CCn1c(N2CCNCC2)nc2nc(Oc3c(C)cc(C(=O)OC(=O)C(F)(F)F)cc3C)n(C)c(=O)c21. The molecule has 39 heavy (non-hydrogen) atoms. The van der Waals surface area contributed by atoms with Crippen molar-refractivity contribution in [3.05, 3.63) is 39.2 Å². The molecular formula is C25H25F3N6O5. The van der Waals surface area contributed by atoms with Crippen molar-refractivity contribution < 1.29 is 32.2 Å². The van der Waals surface area contributed by atoms with Crippen molar-refractivity contribution >= 4 is 29.1 Å². The number of carbonyl (C=O) groups excluding carboxylic acids is 2. The van der Waals surface area contributed by atoms with Gasteiger partial charge in [-0.3, -0.25) is 13.9 Å². The first-order valence-corrected chi connectivity index (χ1v) is 11.9. The zero-order valence-electron chi connectivity index (χ0n) is 21.6. The van der Waals surface area contributed by atoms with E-state index in [1.165, 1.54) is 23.7 Å². The number of hydrogen-bond donors (Lipinski definition) is 1. The van der Waals surface area contributed by atoms with Crippen LogP contribution in [-0.4, -0.2) is 63.4 Å². The zero-order valence-corrected chi connectivity index (χ0v) is 21.6. The molecule has 0 aliphatic carbocycles. The smallest absolute Gasteiger partial charge is 0.425 e. The van der Waals surface area contributed by atoms with Crippen LogP contribution in [0.2, 0.25) is 0 Å². The lowest BCUT2D eigenvalue weighted by molar-refractivity contribution is -0.193. The second-order valence-corrected chi connectivity index (χ2v) is 8.81. The standard InChI is InChI=1S/C25H25F3N6O5/c1-5-6-9-34-17-19(30-23(34)33-10-7-29-8-11-33)31-24(32(4)20(17)35)38-18-14(2)12-16(13-15(18)3)21(36)39-22(37)25(26,27)28/h12-13,29H,7-11H2,1-4H3. The van der Waals surface area contributed by atoms with Gasteiger partial charge in [0.25, 0.3) is 5.56 Å². The van der Waals surface area contributed by atoms with Gasteiger partial charge in [-0.1, -0.05) is 5.92 Å². The Labute approximate surface area is 220 Å². The minimum Gasteiger partial charge on any atom is -0.425 e. The Morgan fingerprint density at radius 3 is 2.36 bits per heavy atom. The van der Waals surface area contributed by atoms with Crippen LogP contribution in [0.5, 0.6) is 11.8 Å². The molecular weight excluding hydrogens is 521 g/mol. The van der Waals surface area contributed by atoms with E-state index in [1.807, 2.05) is 4.90 Å². The van der Waals surface area contributed by atoms with Gasteiger partial charge in [0.15, 0.2) is 11.2 Å². The van der Waals surface area contributed by atoms with Crippen molar-refractivity contribution in [3.8, 4) is 23.6 Å². The van der Waals surface area contributed by atoms with E-state index in [0.717, 1.165) is 13.1 Å². The minimum absolute atomic E-state index is 0.0839. The molecule has 11 nitrogen and oxygen atoms in total. The highest BCUT2D eigenvalue weighted by molar-refractivity contribution is 5.98. The van der Waals surface area contributed by atoms with Gasteiger partial charge in [0, 0.05) is 33.2 Å². The van der Waals surface area contributed by atoms with Gasteiger partial charge in [0.2, 0.25) is 5.95 Å². The lowest BCUT2D eigenvalue weighted by Gasteiger charge is -2.28. The Balaban J connectivity index is 1.71. The van der Waals surface area contributed by atoms with Gasteiger partial charge in [-0.15, -0.1) is 5.92 Å². The Bertz CT molecular complexity index is 1550. The molecule has 1 aliphatic rings. The van der Waals surface area contributed by atoms with E-state index in [1.54, 1.807) is 25.3 Å². The fraction of sp³-hybridized carbons (Fsp3) is 0.400. The van der Waals surface area contributed by atoms with E-state index in [2.05, 4.69) is 31.9 Å². The quantitative estimate of drug-likeness (QED) is 0.292. The summed E-state index contributed by atoms with van der Waals surface area (Å²) >= 11 is 0. The number of anilines is 1. The third-order valence-corrected chi connectivity index (χ3v) is 6.04. The van der Waals surface area contributed by atoms with E-state index < -0.39 is 23.7 Å². The number of nitrogens with zero attached hydrogens (tertiary/aromatic N) is 5. The summed E-state index contributed by atoms with van der Waals surface area (Å²) in [6, 6.07) is 2.34. The number of esters is 2. The average molecular weight is 547 g/mol. The molecule has 0 amide bonds. The first kappa shape index (κ1) is 27.6. The predicted octanol–water partition coefficient (Wildman–Crippen LogP) is 2.22. The number of imidazole rings is 1. The summed E-state index contributed by atoms with van der Waals surface area (Å²) in [5.74, 6) is 2.53. The van der Waals surface area contributed by atoms with Gasteiger partial charge in [-0.05, 0) is 44.0 Å². The number of aromatic nitrogens is 4. The molecule has 0 bridgehead atoms. The number of alkyl halides is 3. The highest BCUT2D eigenvalue weighted by Crippen LogP contribution is 2.30. The van der Waals surface area contributed by atoms with Gasteiger partial charge in [-0.25, -0.2) is 9.59 Å². The number of hydrogen-bond acceptors (Lipinski definition) is 9. The zero-order chi connectivity index (χ0) is 28.5. The highest BCUT2D eigenvalue weighted by Gasteiger charge is 2.42. The second kappa shape index (κ2) is 10.8. The van der Waals surface area contributed by atoms with E-state index in [4.69, 9.17) is 4.74 Å². The Morgan fingerprint density at radius 1 is 1.13 bits per heavy atom. The molecule has 0 radical (unpaired) electrons. The Morgan fingerprint density at radius 2 is 1.77 bits per heavy atom. The number of piperazine rings is 1. The fourth-order valence-electron chi connectivity index (χ4n) is 4.16. The van der Waals surface area contributed by atoms with Crippen LogP contribution in [0.25, 0.3) is 11.2 Å². The van der Waals surface area contributed by atoms with Gasteiger partial charge in [-0.2, -0.15) is 23.1 Å². The molecule has 14 heteroatoms.